The Bertz CT molecular complexity index is 905. The first kappa shape index (κ1) is 20.8. The molecule has 1 aromatic carbocycles. The lowest BCUT2D eigenvalue weighted by Gasteiger charge is -2.53. The average Bonchev–Trinajstić information content (AvgIpc) is 3.09. The summed E-state index contributed by atoms with van der Waals surface area (Å²) in [5.74, 6) is 3.81. The number of hydrogen-bond donors (Lipinski definition) is 1. The molecule has 4 heteroatoms. The zero-order valence-corrected chi connectivity index (χ0v) is 19.0. The number of aliphatic hydroxyl groups excluding tert-OH is 1. The average molecular weight is 429 g/mol. The summed E-state index contributed by atoms with van der Waals surface area (Å²) in [6, 6.07) is 8.96. The molecule has 0 spiro atoms. The van der Waals surface area contributed by atoms with Gasteiger partial charge in [-0.1, -0.05) is 36.8 Å². The highest BCUT2D eigenvalue weighted by Gasteiger charge is 2.55. The lowest BCUT2D eigenvalue weighted by molar-refractivity contribution is -0.0186. The summed E-state index contributed by atoms with van der Waals surface area (Å²) in [4.78, 5) is 0.470. The Labute approximate surface area is 181 Å². The van der Waals surface area contributed by atoms with Gasteiger partial charge in [0.05, 0.1) is 16.8 Å². The van der Waals surface area contributed by atoms with E-state index in [4.69, 9.17) is 0 Å². The molecule has 6 unspecified atom stereocenters. The van der Waals surface area contributed by atoms with Crippen LogP contribution in [0, 0.1) is 35.0 Å². The van der Waals surface area contributed by atoms with Crippen molar-refractivity contribution in [1.29, 1.82) is 0 Å². The highest BCUT2D eigenvalue weighted by Crippen LogP contribution is 2.63. The van der Waals surface area contributed by atoms with Gasteiger partial charge in [0, 0.05) is 0 Å². The smallest absolute Gasteiger partial charge is 0.178 e. The number of hydrogen-bond acceptors (Lipinski definition) is 3. The van der Waals surface area contributed by atoms with Crippen LogP contribution in [0.25, 0.3) is 0 Å². The van der Waals surface area contributed by atoms with E-state index in [2.05, 4.69) is 13.0 Å². The molecule has 0 heterocycles. The van der Waals surface area contributed by atoms with E-state index in [1.54, 1.807) is 17.7 Å². The van der Waals surface area contributed by atoms with E-state index in [0.717, 1.165) is 43.4 Å². The minimum Gasteiger partial charge on any atom is -0.393 e. The number of sulfone groups is 1. The summed E-state index contributed by atoms with van der Waals surface area (Å²) in [5, 5.41) is 10.1. The van der Waals surface area contributed by atoms with E-state index in [-0.39, 0.29) is 11.9 Å². The Kier molecular flexibility index (Phi) is 5.38. The maximum absolute atomic E-state index is 12.8. The van der Waals surface area contributed by atoms with Crippen molar-refractivity contribution < 1.29 is 13.5 Å². The van der Waals surface area contributed by atoms with Gasteiger partial charge in [-0.25, -0.2) is 8.42 Å². The van der Waals surface area contributed by atoms with E-state index < -0.39 is 9.84 Å². The van der Waals surface area contributed by atoms with Crippen molar-refractivity contribution in [2.24, 2.45) is 35.0 Å². The third-order valence-electron chi connectivity index (χ3n) is 9.45. The molecule has 0 aliphatic heterocycles. The minimum absolute atomic E-state index is 0.125. The number of fused-ring (bicyclic) bond motifs is 5. The molecule has 3 nitrogen and oxygen atoms in total. The molecule has 0 saturated heterocycles. The van der Waals surface area contributed by atoms with E-state index in [0.29, 0.717) is 22.1 Å². The number of aliphatic hydroxyl groups is 1. The molecule has 30 heavy (non-hydrogen) atoms. The Morgan fingerprint density at radius 3 is 2.63 bits per heavy atom. The molecule has 7 atom stereocenters. The Morgan fingerprint density at radius 1 is 1.03 bits per heavy atom. The molecule has 0 aromatic heterocycles. The van der Waals surface area contributed by atoms with Gasteiger partial charge in [0.1, 0.15) is 0 Å². The largest absolute Gasteiger partial charge is 0.393 e. The van der Waals surface area contributed by atoms with Crippen LogP contribution in [0.2, 0.25) is 0 Å². The van der Waals surface area contributed by atoms with Crippen LogP contribution in [-0.4, -0.2) is 25.4 Å². The van der Waals surface area contributed by atoms with E-state index in [1.165, 1.54) is 32.1 Å². The lowest BCUT2D eigenvalue weighted by Crippen LogP contribution is -2.46. The minimum atomic E-state index is -3.19. The third-order valence-corrected chi connectivity index (χ3v) is 11.2. The van der Waals surface area contributed by atoms with Crippen molar-refractivity contribution in [3.05, 3.63) is 42.0 Å². The lowest BCUT2D eigenvalue weighted by atomic mass is 9.51. The first-order chi connectivity index (χ1) is 14.4. The van der Waals surface area contributed by atoms with Gasteiger partial charge in [0.2, 0.25) is 0 Å². The van der Waals surface area contributed by atoms with Crippen LogP contribution in [0.4, 0.5) is 0 Å². The third kappa shape index (κ3) is 3.48. The van der Waals surface area contributed by atoms with Gasteiger partial charge in [-0.05, 0) is 105 Å². The standard InChI is InChI=1S/C26H36O3S/c1-26-15-13-23-22-11-9-20(27)17-18(22)7-10-24(23)25(26)12-8-19(26)14-16-30(28,29)21-5-3-2-4-6-21/h2-7,19-20,22-25,27H,8-17H2,1H3/t19-,20?,22?,23?,24?,25?,26?/m1/s1. The Hall–Kier alpha value is -1.13. The fraction of sp³-hybridized carbons (Fsp3) is 0.692. The summed E-state index contributed by atoms with van der Waals surface area (Å²) in [6.45, 7) is 2.48. The fourth-order valence-corrected chi connectivity index (χ4v) is 9.28. The van der Waals surface area contributed by atoms with Crippen molar-refractivity contribution in [2.45, 2.75) is 75.7 Å². The van der Waals surface area contributed by atoms with E-state index >= 15 is 0 Å². The molecular weight excluding hydrogens is 392 g/mol. The molecule has 3 saturated carbocycles. The number of benzene rings is 1. The fourth-order valence-electron chi connectivity index (χ4n) is 7.88. The molecule has 0 amide bonds. The molecule has 3 fully saturated rings. The van der Waals surface area contributed by atoms with Crippen LogP contribution in [0.15, 0.2) is 46.9 Å². The molecule has 0 radical (unpaired) electrons. The second kappa shape index (κ2) is 7.78. The van der Waals surface area contributed by atoms with E-state index in [9.17, 15) is 13.5 Å². The van der Waals surface area contributed by atoms with Gasteiger partial charge in [0.15, 0.2) is 9.84 Å². The van der Waals surface area contributed by atoms with Crippen LogP contribution in [0.5, 0.6) is 0 Å². The van der Waals surface area contributed by atoms with Gasteiger partial charge in [0.25, 0.3) is 0 Å². The highest BCUT2D eigenvalue weighted by molar-refractivity contribution is 7.91. The van der Waals surface area contributed by atoms with Gasteiger partial charge >= 0.3 is 0 Å². The van der Waals surface area contributed by atoms with Crippen molar-refractivity contribution in [2.75, 3.05) is 5.75 Å². The van der Waals surface area contributed by atoms with Crippen molar-refractivity contribution in [3.63, 3.8) is 0 Å². The quantitative estimate of drug-likeness (QED) is 0.653. The first-order valence-electron chi connectivity index (χ1n) is 12.0. The van der Waals surface area contributed by atoms with E-state index in [1.807, 2.05) is 18.2 Å². The maximum atomic E-state index is 12.8. The SMILES string of the molecule is CC12CCC3C4CCC(O)CC4=CCC3C1CC[C@@H]2CCS(=O)(=O)c1ccccc1. The summed E-state index contributed by atoms with van der Waals surface area (Å²) >= 11 is 0. The molecule has 5 rings (SSSR count). The second-order valence-corrected chi connectivity index (χ2v) is 12.8. The van der Waals surface area contributed by atoms with Crippen LogP contribution >= 0.6 is 0 Å². The molecule has 4 aliphatic rings. The maximum Gasteiger partial charge on any atom is 0.178 e. The highest BCUT2D eigenvalue weighted by atomic mass is 32.2. The van der Waals surface area contributed by atoms with Crippen LogP contribution in [0.1, 0.15) is 64.7 Å². The van der Waals surface area contributed by atoms with Crippen LogP contribution in [0.3, 0.4) is 0 Å². The summed E-state index contributed by atoms with van der Waals surface area (Å²) in [6.07, 6.45) is 12.4. The molecule has 4 aliphatic carbocycles. The zero-order chi connectivity index (χ0) is 20.9. The number of rotatable bonds is 4. The first-order valence-corrected chi connectivity index (χ1v) is 13.7. The number of allylic oxidation sites excluding steroid dienone is 1. The molecular formula is C26H36O3S. The molecule has 0 bridgehead atoms. The monoisotopic (exact) mass is 428 g/mol. The van der Waals surface area contributed by atoms with Crippen molar-refractivity contribution in [1.82, 2.24) is 0 Å². The molecule has 1 aromatic rings. The summed E-state index contributed by atoms with van der Waals surface area (Å²) < 4.78 is 25.7. The van der Waals surface area contributed by atoms with Gasteiger partial charge in [-0.2, -0.15) is 0 Å². The topological polar surface area (TPSA) is 54.4 Å². The Balaban J connectivity index is 1.30. The predicted octanol–water partition coefficient (Wildman–Crippen LogP) is 5.40. The zero-order valence-electron chi connectivity index (χ0n) is 18.2. The molecule has 1 N–H and O–H groups in total. The summed E-state index contributed by atoms with van der Waals surface area (Å²) in [7, 11) is -3.19. The van der Waals surface area contributed by atoms with Crippen LogP contribution < -0.4 is 0 Å². The van der Waals surface area contributed by atoms with Gasteiger partial charge in [-0.15, -0.1) is 0 Å². The van der Waals surface area contributed by atoms with Crippen molar-refractivity contribution in [3.8, 4) is 0 Å². The van der Waals surface area contributed by atoms with Crippen molar-refractivity contribution >= 4 is 9.84 Å². The molecule has 164 valence electrons. The summed E-state index contributed by atoms with van der Waals surface area (Å²) in [5.41, 5.74) is 1.84. The van der Waals surface area contributed by atoms with Gasteiger partial charge in [-0.3, -0.25) is 0 Å². The van der Waals surface area contributed by atoms with Crippen LogP contribution in [-0.2, 0) is 9.84 Å². The van der Waals surface area contributed by atoms with Gasteiger partial charge < -0.3 is 5.11 Å². The predicted molar refractivity (Wildman–Crippen MR) is 120 cm³/mol. The second-order valence-electron chi connectivity index (χ2n) is 10.7. The Morgan fingerprint density at radius 2 is 1.83 bits per heavy atom. The normalized spacial score (nSPS) is 40.8.